The molecule has 1 aliphatic heterocycles. The smallest absolute Gasteiger partial charge is 0.328 e. The molecule has 18 heavy (non-hydrogen) atoms. The number of carbonyl (C=O) groups excluding carboxylic acids is 2. The molecule has 0 aromatic rings. The van der Waals surface area contributed by atoms with E-state index in [1.807, 2.05) is 0 Å². The molecule has 0 spiro atoms. The van der Waals surface area contributed by atoms with E-state index in [1.54, 1.807) is 0 Å². The lowest BCUT2D eigenvalue weighted by molar-refractivity contribution is -0.131. The Bertz CT molecular complexity index is 367. The first kappa shape index (κ1) is 14.0. The van der Waals surface area contributed by atoms with Crippen LogP contribution in [0.1, 0.15) is 19.3 Å². The summed E-state index contributed by atoms with van der Waals surface area (Å²) in [5.41, 5.74) is 5.24. The van der Waals surface area contributed by atoms with Crippen molar-refractivity contribution in [2.75, 3.05) is 13.1 Å². The number of hydrogen-bond acceptors (Lipinski definition) is 3. The molecule has 1 atom stereocenters. The third-order valence-corrected chi connectivity index (χ3v) is 2.72. The van der Waals surface area contributed by atoms with Gasteiger partial charge in [-0.3, -0.25) is 4.79 Å². The topological polar surface area (TPSA) is 113 Å². The van der Waals surface area contributed by atoms with Gasteiger partial charge in [0.25, 0.3) is 0 Å². The minimum atomic E-state index is -1.07. The van der Waals surface area contributed by atoms with Crippen molar-refractivity contribution in [1.82, 2.24) is 10.2 Å². The lowest BCUT2D eigenvalue weighted by Gasteiger charge is -2.33. The highest BCUT2D eigenvalue weighted by Gasteiger charge is 2.30. The number of carboxylic acid groups (broad SMARTS) is 1. The molecule has 1 rings (SSSR count). The van der Waals surface area contributed by atoms with Crippen molar-refractivity contribution in [2.45, 2.75) is 25.3 Å². The van der Waals surface area contributed by atoms with Crippen molar-refractivity contribution < 1.29 is 19.5 Å². The zero-order valence-electron chi connectivity index (χ0n) is 9.96. The third-order valence-electron chi connectivity index (χ3n) is 2.72. The second-order valence-electron chi connectivity index (χ2n) is 4.03. The summed E-state index contributed by atoms with van der Waals surface area (Å²) < 4.78 is 0. The van der Waals surface area contributed by atoms with Gasteiger partial charge in [0.15, 0.2) is 0 Å². The van der Waals surface area contributed by atoms with Crippen LogP contribution in [0.25, 0.3) is 0 Å². The van der Waals surface area contributed by atoms with Crippen LogP contribution in [0.3, 0.4) is 0 Å². The Kier molecular flexibility index (Phi) is 5.16. The molecule has 1 aliphatic rings. The van der Waals surface area contributed by atoms with Crippen LogP contribution < -0.4 is 11.1 Å². The van der Waals surface area contributed by atoms with Crippen molar-refractivity contribution in [3.63, 3.8) is 0 Å². The number of urea groups is 1. The maximum atomic E-state index is 11.8. The van der Waals surface area contributed by atoms with Crippen LogP contribution >= 0.6 is 0 Å². The fraction of sp³-hybridized carbons (Fsp3) is 0.545. The number of amides is 3. The second-order valence-corrected chi connectivity index (χ2v) is 4.03. The summed E-state index contributed by atoms with van der Waals surface area (Å²) >= 11 is 0. The van der Waals surface area contributed by atoms with Gasteiger partial charge < -0.3 is 21.1 Å². The molecule has 3 amide bonds. The number of likely N-dealkylation sites (tertiary alicyclic amines) is 1. The van der Waals surface area contributed by atoms with E-state index in [0.29, 0.717) is 13.0 Å². The normalized spacial score (nSPS) is 19.8. The highest BCUT2D eigenvalue weighted by Crippen LogP contribution is 2.16. The molecule has 0 bridgehead atoms. The van der Waals surface area contributed by atoms with E-state index < -0.39 is 23.9 Å². The predicted octanol–water partition coefficient (Wildman–Crippen LogP) is -0.323. The molecule has 0 aliphatic carbocycles. The highest BCUT2D eigenvalue weighted by molar-refractivity contribution is 5.86. The van der Waals surface area contributed by atoms with Gasteiger partial charge >= 0.3 is 12.0 Å². The van der Waals surface area contributed by atoms with Gasteiger partial charge in [-0.15, -0.1) is 0 Å². The molecule has 4 N–H and O–H groups in total. The van der Waals surface area contributed by atoms with E-state index in [2.05, 4.69) is 5.32 Å². The van der Waals surface area contributed by atoms with E-state index >= 15 is 0 Å². The van der Waals surface area contributed by atoms with Crippen LogP contribution in [0.2, 0.25) is 0 Å². The average Bonchev–Trinajstić information content (AvgIpc) is 2.34. The maximum absolute atomic E-state index is 11.8. The molecule has 1 unspecified atom stereocenters. The molecular weight excluding hydrogens is 238 g/mol. The zero-order chi connectivity index (χ0) is 13.5. The lowest BCUT2D eigenvalue weighted by Crippen LogP contribution is -2.53. The fourth-order valence-electron chi connectivity index (χ4n) is 1.88. The van der Waals surface area contributed by atoms with Crippen LogP contribution in [0, 0.1) is 0 Å². The summed E-state index contributed by atoms with van der Waals surface area (Å²) in [4.78, 5) is 34.6. The van der Waals surface area contributed by atoms with E-state index in [9.17, 15) is 14.4 Å². The monoisotopic (exact) mass is 255 g/mol. The molecule has 1 heterocycles. The molecule has 7 heteroatoms. The van der Waals surface area contributed by atoms with Crippen molar-refractivity contribution in [2.24, 2.45) is 5.73 Å². The Morgan fingerprint density at radius 3 is 2.72 bits per heavy atom. The highest BCUT2D eigenvalue weighted by atomic mass is 16.4. The number of nitrogens with zero attached hydrogens (tertiary/aromatic N) is 1. The van der Waals surface area contributed by atoms with Gasteiger partial charge in [0.2, 0.25) is 5.91 Å². The number of nitrogens with two attached hydrogens (primary N) is 1. The predicted molar refractivity (Wildman–Crippen MR) is 63.7 cm³/mol. The van der Waals surface area contributed by atoms with Crippen molar-refractivity contribution in [3.8, 4) is 0 Å². The quantitative estimate of drug-likeness (QED) is 0.597. The van der Waals surface area contributed by atoms with Gasteiger partial charge in [0.05, 0.1) is 0 Å². The molecule has 0 radical (unpaired) electrons. The van der Waals surface area contributed by atoms with Gasteiger partial charge in [-0.25, -0.2) is 9.59 Å². The van der Waals surface area contributed by atoms with Gasteiger partial charge in [-0.1, -0.05) is 6.08 Å². The molecular formula is C11H17N3O4. The fourth-order valence-corrected chi connectivity index (χ4v) is 1.88. The Balaban J connectivity index is 2.48. The number of rotatable bonds is 4. The Labute approximate surface area is 105 Å². The van der Waals surface area contributed by atoms with E-state index in [-0.39, 0.29) is 6.54 Å². The molecule has 0 aromatic heterocycles. The zero-order valence-corrected chi connectivity index (χ0v) is 9.96. The molecule has 1 fully saturated rings. The summed E-state index contributed by atoms with van der Waals surface area (Å²) in [6, 6.07) is -0.962. The summed E-state index contributed by atoms with van der Waals surface area (Å²) in [6.07, 6.45) is 4.55. The molecule has 7 nitrogen and oxygen atoms in total. The molecule has 1 saturated heterocycles. The Hall–Kier alpha value is -2.05. The standard InChI is InChI=1S/C11H17N3O4/c12-10(17)8-4-1-2-7-14(8)11(18)13-6-3-5-9(15)16/h3,5,8H,1-2,4,6-7H2,(H2,12,17)(H,13,18)(H,15,16)/b5-3+. The van der Waals surface area contributed by atoms with Crippen molar-refractivity contribution in [3.05, 3.63) is 12.2 Å². The third kappa shape index (κ3) is 4.08. The number of piperidine rings is 1. The minimum Gasteiger partial charge on any atom is -0.478 e. The summed E-state index contributed by atoms with van der Waals surface area (Å²) in [5.74, 6) is -1.58. The van der Waals surface area contributed by atoms with Crippen molar-refractivity contribution in [1.29, 1.82) is 0 Å². The summed E-state index contributed by atoms with van der Waals surface area (Å²) in [6.45, 7) is 0.592. The lowest BCUT2D eigenvalue weighted by atomic mass is 10.0. The minimum absolute atomic E-state index is 0.104. The largest absolute Gasteiger partial charge is 0.478 e. The first-order valence-electron chi connectivity index (χ1n) is 5.75. The van der Waals surface area contributed by atoms with Gasteiger partial charge in [-0.05, 0) is 19.3 Å². The van der Waals surface area contributed by atoms with Crippen molar-refractivity contribution >= 4 is 17.9 Å². The first-order chi connectivity index (χ1) is 8.52. The number of aliphatic carboxylic acids is 1. The summed E-state index contributed by atoms with van der Waals surface area (Å²) in [7, 11) is 0. The van der Waals surface area contributed by atoms with Gasteiger partial charge in [-0.2, -0.15) is 0 Å². The van der Waals surface area contributed by atoms with Crippen LogP contribution in [0.15, 0.2) is 12.2 Å². The number of hydrogen-bond donors (Lipinski definition) is 3. The first-order valence-corrected chi connectivity index (χ1v) is 5.75. The average molecular weight is 255 g/mol. The molecule has 0 aromatic carbocycles. The van der Waals surface area contributed by atoms with E-state index in [4.69, 9.17) is 10.8 Å². The van der Waals surface area contributed by atoms with Gasteiger partial charge in [0, 0.05) is 19.2 Å². The van der Waals surface area contributed by atoms with Crippen LogP contribution in [0.5, 0.6) is 0 Å². The van der Waals surface area contributed by atoms with Crippen LogP contribution in [0.4, 0.5) is 4.79 Å². The number of carbonyl (C=O) groups is 3. The van der Waals surface area contributed by atoms with E-state index in [0.717, 1.165) is 18.9 Å². The maximum Gasteiger partial charge on any atom is 0.328 e. The number of nitrogens with one attached hydrogen (secondary N) is 1. The molecule has 100 valence electrons. The SMILES string of the molecule is NC(=O)C1CCCCN1C(=O)NC/C=C/C(=O)O. The van der Waals surface area contributed by atoms with Crippen LogP contribution in [-0.4, -0.2) is 47.0 Å². The summed E-state index contributed by atoms with van der Waals surface area (Å²) in [5, 5.41) is 10.9. The Morgan fingerprint density at radius 2 is 2.11 bits per heavy atom. The molecule has 0 saturated carbocycles. The number of primary amides is 1. The van der Waals surface area contributed by atoms with E-state index in [1.165, 1.54) is 11.0 Å². The van der Waals surface area contributed by atoms with Gasteiger partial charge in [0.1, 0.15) is 6.04 Å². The second kappa shape index (κ2) is 6.63. The Morgan fingerprint density at radius 1 is 1.39 bits per heavy atom. The van der Waals surface area contributed by atoms with Crippen LogP contribution in [-0.2, 0) is 9.59 Å². The number of carboxylic acids is 1.